The summed E-state index contributed by atoms with van der Waals surface area (Å²) in [6, 6.07) is 0. The second-order valence-corrected chi connectivity index (χ2v) is 7.16. The summed E-state index contributed by atoms with van der Waals surface area (Å²) < 4.78 is 22.3. The predicted molar refractivity (Wildman–Crippen MR) is 101 cm³/mol. The standard InChI is InChI=1S/C21H36O5/c22-19(12-4-8-16-24-21-14-6-10-18-26-21)11-3-1-2-7-15-23-20-13-5-9-17-25-20/h2,7,20-21H,1,3-6,8-18H2/b7-2+. The van der Waals surface area contributed by atoms with Crippen LogP contribution in [0.1, 0.15) is 77.0 Å². The number of carbonyl (C=O) groups excluding carboxylic acids is 1. The van der Waals surface area contributed by atoms with Crippen LogP contribution in [-0.4, -0.2) is 44.8 Å². The Morgan fingerprint density at radius 1 is 0.846 bits per heavy atom. The molecule has 2 aliphatic heterocycles. The van der Waals surface area contributed by atoms with Gasteiger partial charge in [-0.05, 0) is 64.2 Å². The molecule has 5 nitrogen and oxygen atoms in total. The van der Waals surface area contributed by atoms with Gasteiger partial charge in [0, 0.05) is 32.7 Å². The number of unbranched alkanes of at least 4 members (excludes halogenated alkanes) is 2. The molecule has 0 N–H and O–H groups in total. The highest BCUT2D eigenvalue weighted by Crippen LogP contribution is 2.15. The molecule has 0 bridgehead atoms. The molecule has 2 heterocycles. The molecule has 0 spiro atoms. The van der Waals surface area contributed by atoms with Crippen molar-refractivity contribution in [2.24, 2.45) is 0 Å². The van der Waals surface area contributed by atoms with Crippen molar-refractivity contribution < 1.29 is 23.7 Å². The molecule has 0 aromatic rings. The molecule has 2 unspecified atom stereocenters. The maximum atomic E-state index is 11.9. The lowest BCUT2D eigenvalue weighted by Gasteiger charge is -2.22. The average molecular weight is 369 g/mol. The Morgan fingerprint density at radius 3 is 2.23 bits per heavy atom. The van der Waals surface area contributed by atoms with Crippen LogP contribution in [0.3, 0.4) is 0 Å². The van der Waals surface area contributed by atoms with E-state index in [0.717, 1.165) is 64.6 Å². The van der Waals surface area contributed by atoms with Crippen LogP contribution in [0, 0.1) is 0 Å². The van der Waals surface area contributed by atoms with E-state index in [1.165, 1.54) is 12.8 Å². The van der Waals surface area contributed by atoms with E-state index in [9.17, 15) is 4.79 Å². The average Bonchev–Trinajstić information content (AvgIpc) is 2.68. The van der Waals surface area contributed by atoms with Crippen LogP contribution in [0.2, 0.25) is 0 Å². The van der Waals surface area contributed by atoms with E-state index in [1.54, 1.807) is 0 Å². The third-order valence-corrected chi connectivity index (χ3v) is 4.80. The largest absolute Gasteiger partial charge is 0.353 e. The Hall–Kier alpha value is -0.750. The topological polar surface area (TPSA) is 54.0 Å². The van der Waals surface area contributed by atoms with E-state index in [0.29, 0.717) is 31.8 Å². The van der Waals surface area contributed by atoms with Gasteiger partial charge in [-0.15, -0.1) is 0 Å². The highest BCUT2D eigenvalue weighted by molar-refractivity contribution is 5.78. The van der Waals surface area contributed by atoms with E-state index in [4.69, 9.17) is 18.9 Å². The molecule has 5 heteroatoms. The van der Waals surface area contributed by atoms with Gasteiger partial charge in [0.1, 0.15) is 5.78 Å². The minimum absolute atomic E-state index is 0.0140. The van der Waals surface area contributed by atoms with Gasteiger partial charge in [0.05, 0.1) is 6.61 Å². The summed E-state index contributed by atoms with van der Waals surface area (Å²) >= 11 is 0. The molecule has 0 aromatic carbocycles. The molecular weight excluding hydrogens is 332 g/mol. The zero-order valence-corrected chi connectivity index (χ0v) is 16.2. The highest BCUT2D eigenvalue weighted by atomic mass is 16.7. The normalized spacial score (nSPS) is 24.2. The monoisotopic (exact) mass is 368 g/mol. The number of carbonyl (C=O) groups is 1. The van der Waals surface area contributed by atoms with Crippen molar-refractivity contribution in [3.63, 3.8) is 0 Å². The van der Waals surface area contributed by atoms with Crippen LogP contribution in [0.15, 0.2) is 12.2 Å². The molecule has 0 amide bonds. The molecule has 0 aliphatic carbocycles. The maximum Gasteiger partial charge on any atom is 0.157 e. The van der Waals surface area contributed by atoms with Crippen LogP contribution in [-0.2, 0) is 23.7 Å². The summed E-state index contributed by atoms with van der Waals surface area (Å²) in [5, 5.41) is 0. The van der Waals surface area contributed by atoms with Crippen LogP contribution in [0.4, 0.5) is 0 Å². The van der Waals surface area contributed by atoms with Gasteiger partial charge in [-0.2, -0.15) is 0 Å². The van der Waals surface area contributed by atoms with Gasteiger partial charge in [0.2, 0.25) is 0 Å². The second kappa shape index (κ2) is 14.3. The molecule has 2 aliphatic rings. The number of hydrogen-bond acceptors (Lipinski definition) is 5. The number of rotatable bonds is 13. The zero-order valence-electron chi connectivity index (χ0n) is 16.2. The van der Waals surface area contributed by atoms with E-state index in [-0.39, 0.29) is 12.6 Å². The van der Waals surface area contributed by atoms with Crippen molar-refractivity contribution in [2.75, 3.05) is 26.4 Å². The molecule has 2 rings (SSSR count). The Balaban J connectivity index is 1.35. The molecule has 26 heavy (non-hydrogen) atoms. The van der Waals surface area contributed by atoms with Crippen molar-refractivity contribution in [2.45, 2.75) is 89.6 Å². The fraction of sp³-hybridized carbons (Fsp3) is 0.857. The number of Topliss-reactive ketones (excluding diaryl/α,β-unsaturated/α-hetero) is 1. The maximum absolute atomic E-state index is 11.9. The molecule has 2 atom stereocenters. The highest BCUT2D eigenvalue weighted by Gasteiger charge is 2.14. The summed E-state index contributed by atoms with van der Waals surface area (Å²) in [7, 11) is 0. The number of allylic oxidation sites excluding steroid dienone is 1. The molecule has 2 fully saturated rings. The first kappa shape index (κ1) is 21.5. The van der Waals surface area contributed by atoms with Crippen molar-refractivity contribution in [3.05, 3.63) is 12.2 Å². The Bertz CT molecular complexity index is 384. The summed E-state index contributed by atoms with van der Waals surface area (Å²) in [5.41, 5.74) is 0. The third-order valence-electron chi connectivity index (χ3n) is 4.80. The number of ether oxygens (including phenoxy) is 4. The van der Waals surface area contributed by atoms with Crippen LogP contribution in [0.25, 0.3) is 0 Å². The van der Waals surface area contributed by atoms with Gasteiger partial charge in [-0.1, -0.05) is 12.2 Å². The van der Waals surface area contributed by atoms with Crippen LogP contribution < -0.4 is 0 Å². The van der Waals surface area contributed by atoms with E-state index in [2.05, 4.69) is 6.08 Å². The Labute approximate surface area is 158 Å². The third kappa shape index (κ3) is 10.4. The Kier molecular flexibility index (Phi) is 11.9. The number of ketones is 1. The van der Waals surface area contributed by atoms with Gasteiger partial charge >= 0.3 is 0 Å². The van der Waals surface area contributed by atoms with Crippen molar-refractivity contribution in [1.82, 2.24) is 0 Å². The Morgan fingerprint density at radius 2 is 1.54 bits per heavy atom. The van der Waals surface area contributed by atoms with Gasteiger partial charge in [-0.3, -0.25) is 4.79 Å². The first-order chi connectivity index (χ1) is 12.8. The van der Waals surface area contributed by atoms with Crippen LogP contribution >= 0.6 is 0 Å². The summed E-state index contributed by atoms with van der Waals surface area (Å²) in [5.74, 6) is 0.360. The molecule has 2 saturated heterocycles. The molecular formula is C21H36O5. The fourth-order valence-electron chi connectivity index (χ4n) is 3.22. The second-order valence-electron chi connectivity index (χ2n) is 7.16. The number of hydrogen-bond donors (Lipinski definition) is 0. The lowest BCUT2D eigenvalue weighted by atomic mass is 10.1. The van der Waals surface area contributed by atoms with Crippen molar-refractivity contribution >= 4 is 5.78 Å². The molecule has 0 aromatic heterocycles. The van der Waals surface area contributed by atoms with Gasteiger partial charge in [-0.25, -0.2) is 0 Å². The van der Waals surface area contributed by atoms with E-state index in [1.807, 2.05) is 6.08 Å². The van der Waals surface area contributed by atoms with Crippen molar-refractivity contribution in [3.8, 4) is 0 Å². The smallest absolute Gasteiger partial charge is 0.157 e. The summed E-state index contributed by atoms with van der Waals surface area (Å²) in [6.45, 7) is 2.93. The minimum Gasteiger partial charge on any atom is -0.353 e. The van der Waals surface area contributed by atoms with E-state index < -0.39 is 0 Å². The van der Waals surface area contributed by atoms with Crippen molar-refractivity contribution in [1.29, 1.82) is 0 Å². The van der Waals surface area contributed by atoms with Gasteiger partial charge in [0.25, 0.3) is 0 Å². The first-order valence-electron chi connectivity index (χ1n) is 10.5. The van der Waals surface area contributed by atoms with Gasteiger partial charge < -0.3 is 18.9 Å². The predicted octanol–water partition coefficient (Wildman–Crippen LogP) is 4.54. The van der Waals surface area contributed by atoms with E-state index >= 15 is 0 Å². The fourth-order valence-corrected chi connectivity index (χ4v) is 3.22. The van der Waals surface area contributed by atoms with Gasteiger partial charge in [0.15, 0.2) is 12.6 Å². The van der Waals surface area contributed by atoms with Crippen LogP contribution in [0.5, 0.6) is 0 Å². The SMILES string of the molecule is O=C(CCC/C=C/COC1CCCCO1)CCCCOC1CCCCO1. The first-order valence-corrected chi connectivity index (χ1v) is 10.5. The lowest BCUT2D eigenvalue weighted by Crippen LogP contribution is -2.22. The minimum atomic E-state index is -0.0244. The molecule has 0 radical (unpaired) electrons. The molecule has 150 valence electrons. The zero-order chi connectivity index (χ0) is 18.3. The summed E-state index contributed by atoms with van der Waals surface area (Å²) in [6.07, 6.45) is 15.8. The lowest BCUT2D eigenvalue weighted by molar-refractivity contribution is -0.162. The molecule has 0 saturated carbocycles. The summed E-state index contributed by atoms with van der Waals surface area (Å²) in [4.78, 5) is 11.9. The quantitative estimate of drug-likeness (QED) is 0.353.